The summed E-state index contributed by atoms with van der Waals surface area (Å²) in [6, 6.07) is 1.90. The maximum absolute atomic E-state index is 13.3. The van der Waals surface area contributed by atoms with Crippen LogP contribution in [0.25, 0.3) is 0 Å². The molecule has 0 saturated carbocycles. The zero-order valence-corrected chi connectivity index (χ0v) is 9.91. The van der Waals surface area contributed by atoms with Crippen molar-refractivity contribution in [2.75, 3.05) is 0 Å². The lowest BCUT2D eigenvalue weighted by Crippen LogP contribution is -2.40. The van der Waals surface area contributed by atoms with Crippen LogP contribution >= 0.6 is 0 Å². The molecule has 0 spiro atoms. The van der Waals surface area contributed by atoms with Gasteiger partial charge in [-0.3, -0.25) is 9.59 Å². The Labute approximate surface area is 103 Å². The summed E-state index contributed by atoms with van der Waals surface area (Å²) in [7, 11) is 0. The minimum Gasteiger partial charge on any atom is -0.481 e. The van der Waals surface area contributed by atoms with Crippen molar-refractivity contribution in [3.63, 3.8) is 0 Å². The molecule has 4 nitrogen and oxygen atoms in total. The molecule has 18 heavy (non-hydrogen) atoms. The summed E-state index contributed by atoms with van der Waals surface area (Å²) in [5.41, 5.74) is -0.319. The highest BCUT2D eigenvalue weighted by atomic mass is 19.1. The second-order valence-electron chi connectivity index (χ2n) is 4.01. The van der Waals surface area contributed by atoms with Gasteiger partial charge < -0.3 is 10.4 Å². The molecule has 0 bridgehead atoms. The predicted molar refractivity (Wildman–Crippen MR) is 60.1 cm³/mol. The fourth-order valence-corrected chi connectivity index (χ4v) is 1.30. The van der Waals surface area contributed by atoms with E-state index in [9.17, 15) is 18.4 Å². The average molecular weight is 257 g/mol. The van der Waals surface area contributed by atoms with Gasteiger partial charge in [0.1, 0.15) is 11.6 Å². The van der Waals surface area contributed by atoms with Crippen molar-refractivity contribution in [2.45, 2.75) is 19.9 Å². The maximum Gasteiger partial charge on any atom is 0.308 e. The van der Waals surface area contributed by atoms with Crippen molar-refractivity contribution in [3.05, 3.63) is 35.4 Å². The van der Waals surface area contributed by atoms with Crippen molar-refractivity contribution >= 4 is 11.9 Å². The first-order valence-corrected chi connectivity index (χ1v) is 5.31. The van der Waals surface area contributed by atoms with E-state index in [1.807, 2.05) is 0 Å². The number of amides is 1. The third-order valence-electron chi connectivity index (χ3n) is 2.67. The SMILES string of the molecule is CC(NC(=O)c1ccc(F)cc1F)C(C)C(=O)O. The number of benzene rings is 1. The van der Waals surface area contributed by atoms with Gasteiger partial charge in [-0.1, -0.05) is 0 Å². The molecule has 0 radical (unpaired) electrons. The Bertz CT molecular complexity index is 476. The van der Waals surface area contributed by atoms with E-state index in [2.05, 4.69) is 5.32 Å². The molecule has 0 aliphatic rings. The molecule has 0 heterocycles. The lowest BCUT2D eigenvalue weighted by atomic mass is 10.0. The molecule has 0 fully saturated rings. The van der Waals surface area contributed by atoms with Crippen molar-refractivity contribution in [3.8, 4) is 0 Å². The van der Waals surface area contributed by atoms with Crippen LogP contribution in [0.2, 0.25) is 0 Å². The number of halogens is 2. The van der Waals surface area contributed by atoms with Gasteiger partial charge >= 0.3 is 5.97 Å². The molecule has 1 amide bonds. The largest absolute Gasteiger partial charge is 0.481 e. The molecule has 98 valence electrons. The van der Waals surface area contributed by atoms with E-state index in [0.717, 1.165) is 12.1 Å². The van der Waals surface area contributed by atoms with Crippen molar-refractivity contribution in [1.82, 2.24) is 5.32 Å². The second kappa shape index (κ2) is 5.57. The summed E-state index contributed by atoms with van der Waals surface area (Å²) in [6.45, 7) is 2.92. The van der Waals surface area contributed by atoms with E-state index in [1.165, 1.54) is 13.8 Å². The first kappa shape index (κ1) is 14.1. The predicted octanol–water partition coefficient (Wildman–Crippen LogP) is 1.80. The van der Waals surface area contributed by atoms with Gasteiger partial charge in [0.2, 0.25) is 0 Å². The third kappa shape index (κ3) is 3.26. The normalized spacial score (nSPS) is 13.8. The number of carbonyl (C=O) groups is 2. The van der Waals surface area contributed by atoms with Crippen LogP contribution in [0.15, 0.2) is 18.2 Å². The third-order valence-corrected chi connectivity index (χ3v) is 2.67. The van der Waals surface area contributed by atoms with Crippen molar-refractivity contribution in [1.29, 1.82) is 0 Å². The molecule has 0 aromatic heterocycles. The Kier molecular flexibility index (Phi) is 4.36. The van der Waals surface area contributed by atoms with Crippen molar-refractivity contribution in [2.24, 2.45) is 5.92 Å². The molecule has 0 aliphatic heterocycles. The summed E-state index contributed by atoms with van der Waals surface area (Å²) >= 11 is 0. The Balaban J connectivity index is 2.79. The Morgan fingerprint density at radius 3 is 2.39 bits per heavy atom. The van der Waals surface area contributed by atoms with Gasteiger partial charge in [0.15, 0.2) is 0 Å². The zero-order valence-electron chi connectivity index (χ0n) is 9.91. The monoisotopic (exact) mass is 257 g/mol. The first-order valence-electron chi connectivity index (χ1n) is 5.31. The standard InChI is InChI=1S/C12H13F2NO3/c1-6(12(17)18)7(2)15-11(16)9-4-3-8(13)5-10(9)14/h3-7H,1-2H3,(H,15,16)(H,17,18). The lowest BCUT2D eigenvalue weighted by Gasteiger charge is -2.17. The van der Waals surface area contributed by atoms with E-state index in [0.29, 0.717) is 6.07 Å². The van der Waals surface area contributed by atoms with Crippen LogP contribution in [0.3, 0.4) is 0 Å². The number of rotatable bonds is 4. The van der Waals surface area contributed by atoms with Crippen LogP contribution < -0.4 is 5.32 Å². The summed E-state index contributed by atoms with van der Waals surface area (Å²) < 4.78 is 26.0. The molecule has 2 atom stereocenters. The van der Waals surface area contributed by atoms with Gasteiger partial charge in [-0.25, -0.2) is 8.78 Å². The van der Waals surface area contributed by atoms with Crippen LogP contribution in [0.4, 0.5) is 8.78 Å². The zero-order chi connectivity index (χ0) is 13.9. The molecule has 1 rings (SSSR count). The molecule has 2 unspecified atom stereocenters. The molecule has 6 heteroatoms. The molecule has 1 aromatic rings. The van der Waals surface area contributed by atoms with Gasteiger partial charge in [-0.15, -0.1) is 0 Å². The van der Waals surface area contributed by atoms with Crippen LogP contribution in [0, 0.1) is 17.6 Å². The van der Waals surface area contributed by atoms with E-state index >= 15 is 0 Å². The van der Waals surface area contributed by atoms with Crippen LogP contribution in [0.5, 0.6) is 0 Å². The smallest absolute Gasteiger partial charge is 0.308 e. The van der Waals surface area contributed by atoms with E-state index in [1.54, 1.807) is 0 Å². The number of carboxylic acid groups (broad SMARTS) is 1. The number of hydrogen-bond donors (Lipinski definition) is 2. The van der Waals surface area contributed by atoms with Gasteiger partial charge in [-0.05, 0) is 26.0 Å². The van der Waals surface area contributed by atoms with E-state index in [-0.39, 0.29) is 5.56 Å². The minimum atomic E-state index is -1.07. The Hall–Kier alpha value is -1.98. The number of carbonyl (C=O) groups excluding carboxylic acids is 1. The maximum atomic E-state index is 13.3. The van der Waals surface area contributed by atoms with Crippen LogP contribution in [0.1, 0.15) is 24.2 Å². The average Bonchev–Trinajstić information content (AvgIpc) is 2.27. The number of nitrogens with one attached hydrogen (secondary N) is 1. The van der Waals surface area contributed by atoms with Crippen LogP contribution in [-0.2, 0) is 4.79 Å². The number of aliphatic carboxylic acids is 1. The van der Waals surface area contributed by atoms with Gasteiger partial charge in [0, 0.05) is 12.1 Å². The summed E-state index contributed by atoms with van der Waals surface area (Å²) in [6.07, 6.45) is 0. The molecular formula is C12H13F2NO3. The Morgan fingerprint density at radius 2 is 1.89 bits per heavy atom. The van der Waals surface area contributed by atoms with Crippen LogP contribution in [-0.4, -0.2) is 23.0 Å². The minimum absolute atomic E-state index is 0.319. The van der Waals surface area contributed by atoms with Gasteiger partial charge in [0.05, 0.1) is 11.5 Å². The lowest BCUT2D eigenvalue weighted by molar-refractivity contribution is -0.141. The van der Waals surface area contributed by atoms with E-state index < -0.39 is 35.5 Å². The van der Waals surface area contributed by atoms with Crippen molar-refractivity contribution < 1.29 is 23.5 Å². The number of carboxylic acids is 1. The van der Waals surface area contributed by atoms with Gasteiger partial charge in [-0.2, -0.15) is 0 Å². The highest BCUT2D eigenvalue weighted by Gasteiger charge is 2.22. The first-order chi connectivity index (χ1) is 8.32. The molecule has 0 saturated heterocycles. The highest BCUT2D eigenvalue weighted by molar-refractivity contribution is 5.94. The topological polar surface area (TPSA) is 66.4 Å². The molecule has 0 aliphatic carbocycles. The Morgan fingerprint density at radius 1 is 1.28 bits per heavy atom. The number of hydrogen-bond acceptors (Lipinski definition) is 2. The summed E-state index contributed by atoms with van der Waals surface area (Å²) in [5, 5.41) is 11.1. The quantitative estimate of drug-likeness (QED) is 0.864. The molecular weight excluding hydrogens is 244 g/mol. The summed E-state index contributed by atoms with van der Waals surface area (Å²) in [4.78, 5) is 22.3. The summed E-state index contributed by atoms with van der Waals surface area (Å²) in [5.74, 6) is -4.41. The van der Waals surface area contributed by atoms with E-state index in [4.69, 9.17) is 5.11 Å². The second-order valence-corrected chi connectivity index (χ2v) is 4.01. The fraction of sp³-hybridized carbons (Fsp3) is 0.333. The molecule has 1 aromatic carbocycles. The highest BCUT2D eigenvalue weighted by Crippen LogP contribution is 2.11. The fourth-order valence-electron chi connectivity index (χ4n) is 1.30. The molecule has 2 N–H and O–H groups in total. The van der Waals surface area contributed by atoms with Gasteiger partial charge in [0.25, 0.3) is 5.91 Å².